The second-order valence-electron chi connectivity index (χ2n) is 7.26. The molecular formula is C21H21N3O3S. The number of ether oxygens (including phenoxy) is 2. The summed E-state index contributed by atoms with van der Waals surface area (Å²) in [5.74, 6) is 1.19. The van der Waals surface area contributed by atoms with Gasteiger partial charge in [-0.1, -0.05) is 23.9 Å². The number of nitrogens with zero attached hydrogens (tertiary/aromatic N) is 2. The van der Waals surface area contributed by atoms with E-state index < -0.39 is 5.79 Å². The molecule has 1 N–H and O–H groups in total. The Morgan fingerprint density at radius 2 is 1.96 bits per heavy atom. The van der Waals surface area contributed by atoms with Crippen molar-refractivity contribution in [3.05, 3.63) is 42.5 Å². The van der Waals surface area contributed by atoms with E-state index in [2.05, 4.69) is 10.3 Å². The predicted octanol–water partition coefficient (Wildman–Crippen LogP) is 4.35. The first-order valence-corrected chi connectivity index (χ1v) is 10.5. The number of rotatable bonds is 4. The molecular weight excluding hydrogens is 374 g/mol. The molecule has 2 aromatic carbocycles. The van der Waals surface area contributed by atoms with Crippen LogP contribution in [0.25, 0.3) is 11.0 Å². The van der Waals surface area contributed by atoms with E-state index in [0.717, 1.165) is 47.6 Å². The minimum atomic E-state index is -0.485. The van der Waals surface area contributed by atoms with Gasteiger partial charge in [-0.3, -0.25) is 4.79 Å². The van der Waals surface area contributed by atoms with Gasteiger partial charge in [0.1, 0.15) is 0 Å². The molecule has 1 saturated carbocycles. The molecule has 1 amide bonds. The molecule has 1 aliphatic carbocycles. The van der Waals surface area contributed by atoms with Crippen LogP contribution in [0.3, 0.4) is 0 Å². The number of benzene rings is 2. The van der Waals surface area contributed by atoms with E-state index in [9.17, 15) is 4.79 Å². The molecule has 2 aliphatic rings. The topological polar surface area (TPSA) is 65.4 Å². The van der Waals surface area contributed by atoms with E-state index in [1.807, 2.05) is 54.1 Å². The number of fused-ring (bicyclic) bond motifs is 2. The molecule has 7 heteroatoms. The number of amides is 1. The summed E-state index contributed by atoms with van der Waals surface area (Å²) >= 11 is 1.42. The number of aromatic nitrogens is 2. The molecule has 6 nitrogen and oxygen atoms in total. The maximum Gasteiger partial charge on any atom is 0.251 e. The molecule has 144 valence electrons. The molecule has 1 aliphatic heterocycles. The third-order valence-electron chi connectivity index (χ3n) is 5.26. The van der Waals surface area contributed by atoms with Crippen molar-refractivity contribution in [3.8, 4) is 11.5 Å². The first-order valence-electron chi connectivity index (χ1n) is 9.48. The number of carbonyl (C=O) groups is 1. The van der Waals surface area contributed by atoms with Gasteiger partial charge in [-0.2, -0.15) is 0 Å². The lowest BCUT2D eigenvalue weighted by Gasteiger charge is -2.21. The summed E-state index contributed by atoms with van der Waals surface area (Å²) in [5, 5.41) is 3.77. The second kappa shape index (κ2) is 6.74. The Hall–Kier alpha value is -2.67. The molecule has 5 rings (SSSR count). The Morgan fingerprint density at radius 3 is 2.79 bits per heavy atom. The van der Waals surface area contributed by atoms with E-state index in [1.165, 1.54) is 11.8 Å². The van der Waals surface area contributed by atoms with Crippen molar-refractivity contribution in [2.24, 2.45) is 7.05 Å². The van der Waals surface area contributed by atoms with Crippen molar-refractivity contribution < 1.29 is 14.3 Å². The summed E-state index contributed by atoms with van der Waals surface area (Å²) in [4.78, 5) is 17.0. The molecule has 1 aromatic heterocycles. The van der Waals surface area contributed by atoms with Crippen LogP contribution in [0, 0.1) is 0 Å². The molecule has 1 fully saturated rings. The van der Waals surface area contributed by atoms with E-state index in [0.29, 0.717) is 11.4 Å². The van der Waals surface area contributed by atoms with Gasteiger partial charge in [-0.15, -0.1) is 0 Å². The lowest BCUT2D eigenvalue weighted by molar-refractivity contribution is -0.113. The third kappa shape index (κ3) is 3.09. The minimum Gasteiger partial charge on any atom is -0.448 e. The van der Waals surface area contributed by atoms with Crippen LogP contribution < -0.4 is 14.8 Å². The summed E-state index contributed by atoms with van der Waals surface area (Å²) < 4.78 is 14.1. The smallest absolute Gasteiger partial charge is 0.251 e. The molecule has 0 atom stereocenters. The lowest BCUT2D eigenvalue weighted by Crippen LogP contribution is -2.34. The zero-order valence-corrected chi connectivity index (χ0v) is 16.4. The molecule has 0 saturated heterocycles. The largest absolute Gasteiger partial charge is 0.448 e. The van der Waals surface area contributed by atoms with Crippen LogP contribution in [0.2, 0.25) is 0 Å². The number of hydrogen-bond acceptors (Lipinski definition) is 5. The quantitative estimate of drug-likeness (QED) is 0.666. The fourth-order valence-corrected chi connectivity index (χ4v) is 4.66. The Labute approximate surface area is 167 Å². The van der Waals surface area contributed by atoms with E-state index in [4.69, 9.17) is 9.47 Å². The van der Waals surface area contributed by atoms with Crippen molar-refractivity contribution in [1.82, 2.24) is 9.55 Å². The fourth-order valence-electron chi connectivity index (χ4n) is 3.87. The van der Waals surface area contributed by atoms with Crippen LogP contribution >= 0.6 is 11.8 Å². The van der Waals surface area contributed by atoms with Crippen LogP contribution in [-0.4, -0.2) is 27.0 Å². The molecule has 0 bridgehead atoms. The summed E-state index contributed by atoms with van der Waals surface area (Å²) in [6.07, 6.45) is 4.07. The summed E-state index contributed by atoms with van der Waals surface area (Å²) in [5.41, 5.74) is 2.71. The summed E-state index contributed by atoms with van der Waals surface area (Å²) in [7, 11) is 1.96. The summed E-state index contributed by atoms with van der Waals surface area (Å²) in [6.45, 7) is 0. The van der Waals surface area contributed by atoms with E-state index >= 15 is 0 Å². The second-order valence-corrected chi connectivity index (χ2v) is 8.20. The van der Waals surface area contributed by atoms with Gasteiger partial charge >= 0.3 is 0 Å². The van der Waals surface area contributed by atoms with Crippen molar-refractivity contribution in [1.29, 1.82) is 0 Å². The number of carbonyl (C=O) groups excluding carboxylic acids is 1. The van der Waals surface area contributed by atoms with Crippen molar-refractivity contribution in [2.75, 3.05) is 11.1 Å². The van der Waals surface area contributed by atoms with Crippen molar-refractivity contribution in [2.45, 2.75) is 36.6 Å². The molecule has 1 spiro atoms. The maximum atomic E-state index is 12.4. The highest BCUT2D eigenvalue weighted by molar-refractivity contribution is 7.99. The number of thioether (sulfide) groups is 1. The average molecular weight is 395 g/mol. The molecule has 0 unspecified atom stereocenters. The van der Waals surface area contributed by atoms with E-state index in [1.54, 1.807) is 0 Å². The molecule has 28 heavy (non-hydrogen) atoms. The molecule has 0 radical (unpaired) electrons. The lowest BCUT2D eigenvalue weighted by atomic mass is 10.2. The van der Waals surface area contributed by atoms with Crippen LogP contribution in [-0.2, 0) is 11.8 Å². The van der Waals surface area contributed by atoms with Crippen LogP contribution in [0.4, 0.5) is 5.69 Å². The fraction of sp³-hybridized carbons (Fsp3) is 0.333. The van der Waals surface area contributed by atoms with E-state index in [-0.39, 0.29) is 11.7 Å². The van der Waals surface area contributed by atoms with Gasteiger partial charge in [0.2, 0.25) is 5.91 Å². The van der Waals surface area contributed by atoms with Crippen LogP contribution in [0.15, 0.2) is 47.6 Å². The van der Waals surface area contributed by atoms with Crippen LogP contribution in [0.5, 0.6) is 11.5 Å². The summed E-state index contributed by atoms with van der Waals surface area (Å²) in [6, 6.07) is 13.5. The number of para-hydroxylation sites is 2. The standard InChI is InChI=1S/C21H21N3O3S/c1-24-16-7-3-2-6-15(16)23-20(24)28-13-19(25)22-14-8-9-17-18(12-14)27-21(26-17)10-4-5-11-21/h2-3,6-9,12H,4-5,10-11,13H2,1H3,(H,22,25). The SMILES string of the molecule is Cn1c(SCC(=O)Nc2ccc3c(c2)OC2(CCCC2)O3)nc2ccccc21. The Kier molecular flexibility index (Phi) is 4.19. The van der Waals surface area contributed by atoms with Gasteiger partial charge in [0.25, 0.3) is 5.79 Å². The number of imidazole rings is 1. The Morgan fingerprint density at radius 1 is 1.18 bits per heavy atom. The zero-order valence-electron chi connectivity index (χ0n) is 15.6. The Balaban J connectivity index is 1.23. The highest BCUT2D eigenvalue weighted by Crippen LogP contribution is 2.47. The van der Waals surface area contributed by atoms with Gasteiger partial charge in [0, 0.05) is 31.6 Å². The highest BCUT2D eigenvalue weighted by Gasteiger charge is 2.44. The van der Waals surface area contributed by atoms with Crippen molar-refractivity contribution in [3.63, 3.8) is 0 Å². The first kappa shape index (κ1) is 17.4. The number of hydrogen-bond donors (Lipinski definition) is 1. The third-order valence-corrected chi connectivity index (χ3v) is 6.29. The Bertz CT molecular complexity index is 1060. The van der Waals surface area contributed by atoms with Gasteiger partial charge in [-0.05, 0) is 37.1 Å². The zero-order chi connectivity index (χ0) is 19.1. The number of nitrogens with one attached hydrogen (secondary N) is 1. The van der Waals surface area contributed by atoms with Gasteiger partial charge in [-0.25, -0.2) is 4.98 Å². The average Bonchev–Trinajstić information content (AvgIpc) is 3.38. The van der Waals surface area contributed by atoms with Gasteiger partial charge < -0.3 is 19.4 Å². The molecule has 3 aromatic rings. The highest BCUT2D eigenvalue weighted by atomic mass is 32.2. The monoisotopic (exact) mass is 395 g/mol. The number of anilines is 1. The van der Waals surface area contributed by atoms with Crippen LogP contribution in [0.1, 0.15) is 25.7 Å². The molecule has 2 heterocycles. The number of aryl methyl sites for hydroxylation is 1. The first-order chi connectivity index (χ1) is 13.6. The van der Waals surface area contributed by atoms with Gasteiger partial charge in [0.05, 0.1) is 16.8 Å². The minimum absolute atomic E-state index is 0.0773. The predicted molar refractivity (Wildman–Crippen MR) is 109 cm³/mol. The van der Waals surface area contributed by atoms with Crippen molar-refractivity contribution >= 4 is 34.4 Å². The maximum absolute atomic E-state index is 12.4. The normalized spacial score (nSPS) is 16.8. The van der Waals surface area contributed by atoms with Gasteiger partial charge in [0.15, 0.2) is 16.7 Å².